The van der Waals surface area contributed by atoms with Gasteiger partial charge in [0.25, 0.3) is 12.9 Å². The Hall–Kier alpha value is -1.60. The highest BCUT2D eigenvalue weighted by atomic mass is 19.3. The van der Waals surface area contributed by atoms with Crippen molar-refractivity contribution in [3.8, 4) is 0 Å². The van der Waals surface area contributed by atoms with Crippen LogP contribution in [-0.4, -0.2) is 15.7 Å². The van der Waals surface area contributed by atoms with Crippen molar-refractivity contribution < 1.29 is 22.4 Å². The van der Waals surface area contributed by atoms with E-state index in [0.717, 1.165) is 0 Å². The molecule has 0 bridgehead atoms. The summed E-state index contributed by atoms with van der Waals surface area (Å²) in [7, 11) is 0. The normalized spacial score (nSPS) is 13.4. The second kappa shape index (κ2) is 5.15. The number of nitrogens with two attached hydrogens (primary N) is 1. The zero-order valence-electron chi connectivity index (χ0n) is 8.91. The second-order valence-electron chi connectivity index (χ2n) is 3.37. The SMILES string of the molecule is CCC(C(N)=O)n1nc(C(F)F)cc1C(F)F. The molecule has 2 N–H and O–H groups in total. The number of alkyl halides is 4. The standard InChI is InChI=1S/C9H11F4N3O/c1-2-5(9(14)17)16-6(8(12)13)3-4(15-16)7(10)11/h3,5,7-8H,2H2,1H3,(H2,14,17). The molecular weight excluding hydrogens is 242 g/mol. The van der Waals surface area contributed by atoms with Crippen LogP contribution >= 0.6 is 0 Å². The van der Waals surface area contributed by atoms with Gasteiger partial charge in [-0.25, -0.2) is 17.6 Å². The average Bonchev–Trinajstić information content (AvgIpc) is 2.63. The lowest BCUT2D eigenvalue weighted by Gasteiger charge is -2.14. The largest absolute Gasteiger partial charge is 0.368 e. The Kier molecular flexibility index (Phi) is 4.08. The summed E-state index contributed by atoms with van der Waals surface area (Å²) >= 11 is 0. The molecule has 0 saturated carbocycles. The molecule has 0 aliphatic carbocycles. The van der Waals surface area contributed by atoms with E-state index in [1.165, 1.54) is 6.92 Å². The van der Waals surface area contributed by atoms with Crippen LogP contribution in [0.3, 0.4) is 0 Å². The van der Waals surface area contributed by atoms with Crippen molar-refractivity contribution in [2.24, 2.45) is 5.73 Å². The highest BCUT2D eigenvalue weighted by molar-refractivity contribution is 5.78. The van der Waals surface area contributed by atoms with Crippen LogP contribution in [0.15, 0.2) is 6.07 Å². The lowest BCUT2D eigenvalue weighted by atomic mass is 10.2. The van der Waals surface area contributed by atoms with Gasteiger partial charge in [0.15, 0.2) is 0 Å². The van der Waals surface area contributed by atoms with Crippen molar-refractivity contribution in [3.05, 3.63) is 17.5 Å². The average molecular weight is 253 g/mol. The summed E-state index contributed by atoms with van der Waals surface area (Å²) < 4.78 is 50.5. The molecular formula is C9H11F4N3O. The van der Waals surface area contributed by atoms with E-state index >= 15 is 0 Å². The van der Waals surface area contributed by atoms with Crippen LogP contribution in [0.25, 0.3) is 0 Å². The number of primary amides is 1. The zero-order valence-corrected chi connectivity index (χ0v) is 8.91. The molecule has 0 fully saturated rings. The van der Waals surface area contributed by atoms with Crippen molar-refractivity contribution in [1.29, 1.82) is 0 Å². The first-order valence-electron chi connectivity index (χ1n) is 4.83. The molecule has 17 heavy (non-hydrogen) atoms. The van der Waals surface area contributed by atoms with Crippen molar-refractivity contribution in [3.63, 3.8) is 0 Å². The molecule has 0 aliphatic rings. The van der Waals surface area contributed by atoms with E-state index in [0.29, 0.717) is 10.7 Å². The minimum absolute atomic E-state index is 0.0966. The maximum Gasteiger partial charge on any atom is 0.282 e. The highest BCUT2D eigenvalue weighted by Crippen LogP contribution is 2.28. The molecule has 0 radical (unpaired) electrons. The van der Waals surface area contributed by atoms with E-state index in [-0.39, 0.29) is 6.42 Å². The molecule has 4 nitrogen and oxygen atoms in total. The first-order chi connectivity index (χ1) is 7.88. The molecule has 0 spiro atoms. The van der Waals surface area contributed by atoms with Crippen molar-refractivity contribution >= 4 is 5.91 Å². The minimum Gasteiger partial charge on any atom is -0.368 e. The van der Waals surface area contributed by atoms with Gasteiger partial charge in [0.1, 0.15) is 17.4 Å². The van der Waals surface area contributed by atoms with Crippen LogP contribution in [-0.2, 0) is 4.79 Å². The van der Waals surface area contributed by atoms with Gasteiger partial charge in [-0.05, 0) is 12.5 Å². The Balaban J connectivity index is 3.24. The van der Waals surface area contributed by atoms with E-state index in [1.807, 2.05) is 0 Å². The fraction of sp³-hybridized carbons (Fsp3) is 0.556. The predicted molar refractivity (Wildman–Crippen MR) is 50.7 cm³/mol. The zero-order chi connectivity index (χ0) is 13.2. The Morgan fingerprint density at radius 1 is 1.41 bits per heavy atom. The molecule has 0 saturated heterocycles. The molecule has 1 amide bonds. The lowest BCUT2D eigenvalue weighted by molar-refractivity contribution is -0.121. The monoisotopic (exact) mass is 253 g/mol. The number of hydrogen-bond donors (Lipinski definition) is 1. The second-order valence-corrected chi connectivity index (χ2v) is 3.37. The maximum absolute atomic E-state index is 12.6. The molecule has 1 heterocycles. The molecule has 1 atom stereocenters. The number of carbonyl (C=O) groups is 1. The molecule has 1 unspecified atom stereocenters. The molecule has 1 aromatic heterocycles. The Morgan fingerprint density at radius 3 is 2.35 bits per heavy atom. The summed E-state index contributed by atoms with van der Waals surface area (Å²) in [6.07, 6.45) is -5.87. The first kappa shape index (κ1) is 13.5. The van der Waals surface area contributed by atoms with Gasteiger partial charge in [-0.15, -0.1) is 0 Å². The number of rotatable bonds is 5. The number of amides is 1. The summed E-state index contributed by atoms with van der Waals surface area (Å²) in [6.45, 7) is 1.52. The van der Waals surface area contributed by atoms with Crippen molar-refractivity contribution in [1.82, 2.24) is 9.78 Å². The third-order valence-corrected chi connectivity index (χ3v) is 2.24. The topological polar surface area (TPSA) is 60.9 Å². The lowest BCUT2D eigenvalue weighted by Crippen LogP contribution is -2.28. The van der Waals surface area contributed by atoms with Crippen LogP contribution in [0.2, 0.25) is 0 Å². The van der Waals surface area contributed by atoms with E-state index in [4.69, 9.17) is 5.73 Å². The van der Waals surface area contributed by atoms with Gasteiger partial charge in [-0.1, -0.05) is 6.92 Å². The Labute approximate surface area is 94.4 Å². The smallest absolute Gasteiger partial charge is 0.282 e. The van der Waals surface area contributed by atoms with Crippen molar-refractivity contribution in [2.75, 3.05) is 0 Å². The molecule has 1 aromatic rings. The molecule has 8 heteroatoms. The van der Waals surface area contributed by atoms with Crippen LogP contribution in [0.4, 0.5) is 17.6 Å². The van der Waals surface area contributed by atoms with Gasteiger partial charge >= 0.3 is 0 Å². The fourth-order valence-electron chi connectivity index (χ4n) is 1.44. The van der Waals surface area contributed by atoms with Crippen LogP contribution in [0.1, 0.15) is 43.6 Å². The summed E-state index contributed by atoms with van der Waals surface area (Å²) in [4.78, 5) is 11.0. The van der Waals surface area contributed by atoms with Crippen LogP contribution in [0.5, 0.6) is 0 Å². The van der Waals surface area contributed by atoms with Crippen LogP contribution < -0.4 is 5.73 Å². The number of nitrogens with zero attached hydrogens (tertiary/aromatic N) is 2. The quantitative estimate of drug-likeness (QED) is 0.817. The predicted octanol–water partition coefficient (Wildman–Crippen LogP) is 2.19. The summed E-state index contributed by atoms with van der Waals surface area (Å²) in [5, 5.41) is 3.31. The van der Waals surface area contributed by atoms with Gasteiger partial charge in [0.05, 0.1) is 0 Å². The molecule has 0 aromatic carbocycles. The van der Waals surface area contributed by atoms with E-state index in [1.54, 1.807) is 0 Å². The maximum atomic E-state index is 12.6. The van der Waals surface area contributed by atoms with Gasteiger partial charge in [-0.3, -0.25) is 9.48 Å². The Morgan fingerprint density at radius 2 is 2.00 bits per heavy atom. The number of aromatic nitrogens is 2. The molecule has 1 rings (SSSR count). The number of hydrogen-bond acceptors (Lipinski definition) is 2. The third-order valence-electron chi connectivity index (χ3n) is 2.24. The summed E-state index contributed by atoms with van der Waals surface area (Å²) in [6, 6.07) is -0.562. The highest BCUT2D eigenvalue weighted by Gasteiger charge is 2.27. The van der Waals surface area contributed by atoms with Gasteiger partial charge in [-0.2, -0.15) is 5.10 Å². The summed E-state index contributed by atoms with van der Waals surface area (Å²) in [5.74, 6) is -0.890. The first-order valence-corrected chi connectivity index (χ1v) is 4.83. The minimum atomic E-state index is -3.00. The molecule has 0 aliphatic heterocycles. The van der Waals surface area contributed by atoms with E-state index in [2.05, 4.69) is 5.10 Å². The van der Waals surface area contributed by atoms with Crippen molar-refractivity contribution in [2.45, 2.75) is 32.2 Å². The van der Waals surface area contributed by atoms with E-state index < -0.39 is 36.2 Å². The number of halogens is 4. The third kappa shape index (κ3) is 2.75. The Bertz CT molecular complexity index is 405. The van der Waals surface area contributed by atoms with Gasteiger partial charge in [0, 0.05) is 0 Å². The van der Waals surface area contributed by atoms with Gasteiger partial charge < -0.3 is 5.73 Å². The fourth-order valence-corrected chi connectivity index (χ4v) is 1.44. The van der Waals surface area contributed by atoms with Crippen LogP contribution in [0, 0.1) is 0 Å². The van der Waals surface area contributed by atoms with Gasteiger partial charge in [0.2, 0.25) is 5.91 Å². The summed E-state index contributed by atoms with van der Waals surface area (Å²) in [5.41, 5.74) is 3.48. The molecule has 96 valence electrons. The number of carbonyl (C=O) groups excluding carboxylic acids is 1. The van der Waals surface area contributed by atoms with E-state index in [9.17, 15) is 22.4 Å².